The van der Waals surface area contributed by atoms with Crippen LogP contribution >= 0.6 is 11.3 Å². The van der Waals surface area contributed by atoms with Crippen LogP contribution in [0.4, 0.5) is 0 Å². The van der Waals surface area contributed by atoms with Gasteiger partial charge >= 0.3 is 0 Å². The maximum absolute atomic E-state index is 11.8. The van der Waals surface area contributed by atoms with Crippen LogP contribution in [0.2, 0.25) is 0 Å². The Kier molecular flexibility index (Phi) is 2.05. The molecule has 17 heavy (non-hydrogen) atoms. The lowest BCUT2D eigenvalue weighted by atomic mass is 10.1. The van der Waals surface area contributed by atoms with Crippen LogP contribution in [0.5, 0.6) is 0 Å². The van der Waals surface area contributed by atoms with Gasteiger partial charge in [-0.15, -0.1) is 11.3 Å². The lowest BCUT2D eigenvalue weighted by Crippen LogP contribution is -2.14. The lowest BCUT2D eigenvalue weighted by molar-refractivity contribution is 0.0987. The number of hydrogen-bond acceptors (Lipinski definition) is 5. The van der Waals surface area contributed by atoms with Crippen LogP contribution in [0.3, 0.4) is 0 Å². The Morgan fingerprint density at radius 3 is 2.71 bits per heavy atom. The molecule has 0 saturated carbocycles. The third-order valence-electron chi connectivity index (χ3n) is 2.47. The average molecular weight is 245 g/mol. The van der Waals surface area contributed by atoms with Crippen molar-refractivity contribution in [3.05, 3.63) is 40.3 Å². The van der Waals surface area contributed by atoms with Crippen LogP contribution in [0.25, 0.3) is 5.82 Å². The third kappa shape index (κ3) is 1.45. The van der Waals surface area contributed by atoms with Gasteiger partial charge in [0.2, 0.25) is 11.6 Å². The topological polar surface area (TPSA) is 64.8 Å². The molecule has 2 aromatic heterocycles. The molecule has 2 aromatic rings. The van der Waals surface area contributed by atoms with Crippen LogP contribution in [-0.4, -0.2) is 26.1 Å². The molecule has 0 radical (unpaired) electrons. The highest BCUT2D eigenvalue weighted by atomic mass is 32.1. The number of imidazole rings is 1. The number of ketones is 2. The van der Waals surface area contributed by atoms with Crippen molar-refractivity contribution in [2.75, 3.05) is 0 Å². The van der Waals surface area contributed by atoms with E-state index in [1.807, 2.05) is 12.3 Å². The number of aryl methyl sites for hydroxylation is 1. The van der Waals surface area contributed by atoms with Gasteiger partial charge in [0, 0.05) is 5.38 Å². The molecule has 1 aliphatic carbocycles. The highest BCUT2D eigenvalue weighted by Crippen LogP contribution is 2.21. The van der Waals surface area contributed by atoms with E-state index in [0.29, 0.717) is 11.5 Å². The van der Waals surface area contributed by atoms with E-state index in [0.717, 1.165) is 5.01 Å². The number of fused-ring (bicyclic) bond motifs is 1. The zero-order valence-electron chi connectivity index (χ0n) is 8.88. The molecule has 0 N–H and O–H groups in total. The monoisotopic (exact) mass is 245 g/mol. The summed E-state index contributed by atoms with van der Waals surface area (Å²) in [5.41, 5.74) is 0.492. The molecular formula is C11H7N3O2S. The second-order valence-electron chi connectivity index (χ2n) is 3.60. The molecule has 2 heterocycles. The van der Waals surface area contributed by atoms with Crippen molar-refractivity contribution in [1.29, 1.82) is 0 Å². The normalized spacial score (nSPS) is 14.2. The van der Waals surface area contributed by atoms with Crippen LogP contribution in [0.1, 0.15) is 26.0 Å². The SMILES string of the molecule is Cc1nc(-n2cnc3c2C(=O)C=CC3=O)cs1. The van der Waals surface area contributed by atoms with Crippen LogP contribution in [-0.2, 0) is 0 Å². The fourth-order valence-corrected chi connectivity index (χ4v) is 2.30. The number of carbonyl (C=O) groups excluding carboxylic acids is 2. The fourth-order valence-electron chi connectivity index (χ4n) is 1.71. The fraction of sp³-hybridized carbons (Fsp3) is 0.0909. The smallest absolute Gasteiger partial charge is 0.206 e. The minimum atomic E-state index is -0.245. The summed E-state index contributed by atoms with van der Waals surface area (Å²) in [5, 5.41) is 2.72. The summed E-state index contributed by atoms with van der Waals surface area (Å²) in [7, 11) is 0. The van der Waals surface area contributed by atoms with Gasteiger partial charge in [-0.25, -0.2) is 9.97 Å². The minimum Gasteiger partial charge on any atom is -0.288 e. The summed E-state index contributed by atoms with van der Waals surface area (Å²) < 4.78 is 1.56. The first-order valence-electron chi connectivity index (χ1n) is 4.93. The maximum atomic E-state index is 11.8. The van der Waals surface area contributed by atoms with Gasteiger partial charge in [0.15, 0.2) is 0 Å². The first kappa shape index (κ1) is 10.1. The van der Waals surface area contributed by atoms with Crippen LogP contribution < -0.4 is 0 Å². The standard InChI is InChI=1S/C11H7N3O2S/c1-6-13-9(4-17-6)14-5-12-10-7(15)2-3-8(16)11(10)14/h2-5H,1H3. The highest BCUT2D eigenvalue weighted by Gasteiger charge is 2.26. The van der Waals surface area contributed by atoms with Crippen molar-refractivity contribution < 1.29 is 9.59 Å². The molecule has 0 unspecified atom stereocenters. The van der Waals surface area contributed by atoms with E-state index in [4.69, 9.17) is 0 Å². The number of nitrogens with zero attached hydrogens (tertiary/aromatic N) is 3. The number of rotatable bonds is 1. The summed E-state index contributed by atoms with van der Waals surface area (Å²) in [6.07, 6.45) is 3.97. The molecule has 0 aromatic carbocycles. The number of carbonyl (C=O) groups is 2. The van der Waals surface area contributed by atoms with Gasteiger partial charge in [-0.1, -0.05) is 0 Å². The van der Waals surface area contributed by atoms with E-state index in [-0.39, 0.29) is 17.3 Å². The van der Waals surface area contributed by atoms with E-state index < -0.39 is 0 Å². The zero-order chi connectivity index (χ0) is 12.0. The Balaban J connectivity index is 2.22. The van der Waals surface area contributed by atoms with Crippen molar-refractivity contribution in [3.63, 3.8) is 0 Å². The van der Waals surface area contributed by atoms with Gasteiger partial charge in [0.25, 0.3) is 0 Å². The second kappa shape index (κ2) is 3.46. The Morgan fingerprint density at radius 1 is 1.24 bits per heavy atom. The predicted octanol–water partition coefficient (Wildman–Crippen LogP) is 1.57. The Morgan fingerprint density at radius 2 is 2.00 bits per heavy atom. The lowest BCUT2D eigenvalue weighted by Gasteiger charge is -2.06. The van der Waals surface area contributed by atoms with Gasteiger partial charge < -0.3 is 0 Å². The molecule has 0 atom stereocenters. The van der Waals surface area contributed by atoms with Gasteiger partial charge in [-0.05, 0) is 19.1 Å². The van der Waals surface area contributed by atoms with Crippen LogP contribution in [0.15, 0.2) is 23.9 Å². The van der Waals surface area contributed by atoms with E-state index in [2.05, 4.69) is 9.97 Å². The molecule has 6 heteroatoms. The zero-order valence-corrected chi connectivity index (χ0v) is 9.69. The van der Waals surface area contributed by atoms with E-state index in [1.54, 1.807) is 4.57 Å². The Bertz CT molecular complexity index is 666. The third-order valence-corrected chi connectivity index (χ3v) is 3.24. The first-order chi connectivity index (χ1) is 8.16. The largest absolute Gasteiger partial charge is 0.288 e. The quantitative estimate of drug-likeness (QED) is 0.765. The van der Waals surface area contributed by atoms with Gasteiger partial charge in [0.1, 0.15) is 23.5 Å². The maximum Gasteiger partial charge on any atom is 0.206 e. The number of hydrogen-bond donors (Lipinski definition) is 0. The molecule has 0 aliphatic heterocycles. The molecule has 0 saturated heterocycles. The Hall–Kier alpha value is -2.08. The molecule has 5 nitrogen and oxygen atoms in total. The van der Waals surface area contributed by atoms with Crippen molar-refractivity contribution in [1.82, 2.24) is 14.5 Å². The molecule has 0 fully saturated rings. The second-order valence-corrected chi connectivity index (χ2v) is 4.66. The minimum absolute atomic E-state index is 0.197. The van der Waals surface area contributed by atoms with Gasteiger partial charge in [-0.2, -0.15) is 0 Å². The summed E-state index contributed by atoms with van der Waals surface area (Å²) in [4.78, 5) is 31.6. The molecule has 3 rings (SSSR count). The number of thiazole rings is 1. The molecule has 84 valence electrons. The first-order valence-corrected chi connectivity index (χ1v) is 5.81. The van der Waals surface area contributed by atoms with E-state index in [1.165, 1.54) is 29.8 Å². The summed E-state index contributed by atoms with van der Waals surface area (Å²) in [5.74, 6) is 0.158. The van der Waals surface area contributed by atoms with Crippen molar-refractivity contribution in [2.24, 2.45) is 0 Å². The average Bonchev–Trinajstić information content (AvgIpc) is 2.89. The summed E-state index contributed by atoms with van der Waals surface area (Å²) >= 11 is 1.48. The molecule has 0 amide bonds. The van der Waals surface area contributed by atoms with Crippen molar-refractivity contribution >= 4 is 22.9 Å². The van der Waals surface area contributed by atoms with E-state index in [9.17, 15) is 9.59 Å². The van der Waals surface area contributed by atoms with Crippen molar-refractivity contribution in [3.8, 4) is 5.82 Å². The number of allylic oxidation sites excluding steroid dienone is 2. The molecule has 0 bridgehead atoms. The predicted molar refractivity (Wildman–Crippen MR) is 61.8 cm³/mol. The van der Waals surface area contributed by atoms with Gasteiger partial charge in [0.05, 0.1) is 5.01 Å². The van der Waals surface area contributed by atoms with Crippen molar-refractivity contribution in [2.45, 2.75) is 6.92 Å². The van der Waals surface area contributed by atoms with Crippen LogP contribution in [0, 0.1) is 6.92 Å². The molecular weight excluding hydrogens is 238 g/mol. The summed E-state index contributed by atoms with van der Waals surface area (Å²) in [6, 6.07) is 0. The molecule has 1 aliphatic rings. The molecule has 0 spiro atoms. The van der Waals surface area contributed by atoms with Gasteiger partial charge in [-0.3, -0.25) is 14.2 Å². The van der Waals surface area contributed by atoms with E-state index >= 15 is 0 Å². The summed E-state index contributed by atoms with van der Waals surface area (Å²) in [6.45, 7) is 1.88. The highest BCUT2D eigenvalue weighted by molar-refractivity contribution is 7.09. The Labute approximate surface area is 100 Å². The number of aromatic nitrogens is 3.